The Morgan fingerprint density at radius 1 is 0.512 bits per heavy atom. The van der Waals surface area contributed by atoms with E-state index in [1.165, 1.54) is 0 Å². The molecule has 0 radical (unpaired) electrons. The van der Waals surface area contributed by atoms with Crippen molar-refractivity contribution in [2.24, 2.45) is 0 Å². The Balaban J connectivity index is 1.50. The van der Waals surface area contributed by atoms with E-state index in [1.54, 1.807) is 0 Å². The summed E-state index contributed by atoms with van der Waals surface area (Å²) < 4.78 is 26.2. The Kier molecular flexibility index (Phi) is 11.1. The molecule has 4 aromatic rings. The fraction of sp³-hybridized carbons (Fsp3) is 0.351. The molecule has 6 heteroatoms. The predicted octanol–water partition coefficient (Wildman–Crippen LogP) is 6.23. The van der Waals surface area contributed by atoms with Gasteiger partial charge in [-0.3, -0.25) is 0 Å². The van der Waals surface area contributed by atoms with Gasteiger partial charge < -0.3 is 29.2 Å². The van der Waals surface area contributed by atoms with Gasteiger partial charge in [-0.05, 0) is 28.7 Å². The molecule has 0 aromatic heterocycles. The summed E-state index contributed by atoms with van der Waals surface area (Å²) in [5.74, 6) is 0. The lowest BCUT2D eigenvalue weighted by Crippen LogP contribution is -2.72. The first-order valence-corrected chi connectivity index (χ1v) is 15.1. The third-order valence-electron chi connectivity index (χ3n) is 8.04. The van der Waals surface area contributed by atoms with E-state index < -0.39 is 36.1 Å². The van der Waals surface area contributed by atoms with Crippen molar-refractivity contribution < 1.29 is 29.2 Å². The molecule has 0 spiro atoms. The standard InChI is InChI=1S/C37H42O6/c1-2-23-37(39)35(38)33(41-25-29-17-9-4-10-18-29)32(40-24-28-15-7-3-8-16-28)34(42-26-30-19-11-5-12-20-30)36(37)43-27-31-21-13-6-14-22-31/h3-22,32-36,38-39H,2,23-27H2,1H3/t32-,33+,34+,35+,36-,37+/m1/s1. The maximum Gasteiger partial charge on any atom is 0.122 e. The number of benzene rings is 4. The summed E-state index contributed by atoms with van der Waals surface area (Å²) in [5, 5.41) is 24.3. The third-order valence-corrected chi connectivity index (χ3v) is 8.04. The normalized spacial score (nSPS) is 25.4. The van der Waals surface area contributed by atoms with Crippen molar-refractivity contribution in [3.63, 3.8) is 0 Å². The molecule has 0 unspecified atom stereocenters. The van der Waals surface area contributed by atoms with Gasteiger partial charge in [-0.1, -0.05) is 135 Å². The van der Waals surface area contributed by atoms with Gasteiger partial charge in [0.15, 0.2) is 0 Å². The van der Waals surface area contributed by atoms with E-state index in [0.717, 1.165) is 22.3 Å². The lowest BCUT2D eigenvalue weighted by atomic mass is 9.72. The second-order valence-corrected chi connectivity index (χ2v) is 11.2. The Bertz CT molecular complexity index is 1340. The van der Waals surface area contributed by atoms with E-state index >= 15 is 0 Å². The van der Waals surface area contributed by atoms with Crippen molar-refractivity contribution in [1.29, 1.82) is 0 Å². The highest BCUT2D eigenvalue weighted by Gasteiger charge is 2.60. The molecule has 1 saturated carbocycles. The van der Waals surface area contributed by atoms with Crippen LogP contribution in [0.5, 0.6) is 0 Å². The highest BCUT2D eigenvalue weighted by atomic mass is 16.6. The Hall–Kier alpha value is -3.36. The predicted molar refractivity (Wildman–Crippen MR) is 166 cm³/mol. The van der Waals surface area contributed by atoms with Gasteiger partial charge in [0, 0.05) is 0 Å². The minimum atomic E-state index is -1.64. The van der Waals surface area contributed by atoms with Crippen LogP contribution >= 0.6 is 0 Å². The Morgan fingerprint density at radius 2 is 0.860 bits per heavy atom. The van der Waals surface area contributed by atoms with Crippen LogP contribution in [0.15, 0.2) is 121 Å². The minimum absolute atomic E-state index is 0.246. The zero-order valence-electron chi connectivity index (χ0n) is 24.7. The fourth-order valence-corrected chi connectivity index (χ4v) is 5.82. The molecule has 6 nitrogen and oxygen atoms in total. The number of aliphatic hydroxyl groups is 2. The number of hydrogen-bond acceptors (Lipinski definition) is 6. The van der Waals surface area contributed by atoms with Gasteiger partial charge >= 0.3 is 0 Å². The molecule has 1 fully saturated rings. The van der Waals surface area contributed by atoms with Crippen molar-refractivity contribution in [3.8, 4) is 0 Å². The lowest BCUT2D eigenvalue weighted by molar-refractivity contribution is -0.309. The van der Waals surface area contributed by atoms with Crippen molar-refractivity contribution in [2.45, 2.75) is 82.3 Å². The molecular weight excluding hydrogens is 540 g/mol. The van der Waals surface area contributed by atoms with Crippen LogP contribution in [0.1, 0.15) is 42.0 Å². The van der Waals surface area contributed by atoms with Gasteiger partial charge in [0.25, 0.3) is 0 Å². The van der Waals surface area contributed by atoms with Crippen LogP contribution in [0.25, 0.3) is 0 Å². The zero-order valence-corrected chi connectivity index (χ0v) is 24.7. The van der Waals surface area contributed by atoms with Gasteiger partial charge in [-0.15, -0.1) is 0 Å². The molecule has 43 heavy (non-hydrogen) atoms. The van der Waals surface area contributed by atoms with E-state index in [0.29, 0.717) is 12.8 Å². The summed E-state index contributed by atoms with van der Waals surface area (Å²) >= 11 is 0. The highest BCUT2D eigenvalue weighted by Crippen LogP contribution is 2.41. The van der Waals surface area contributed by atoms with Gasteiger partial charge in [-0.25, -0.2) is 0 Å². The average Bonchev–Trinajstić information content (AvgIpc) is 3.05. The molecule has 0 bridgehead atoms. The van der Waals surface area contributed by atoms with Crippen molar-refractivity contribution in [2.75, 3.05) is 0 Å². The zero-order chi connectivity index (χ0) is 29.9. The van der Waals surface area contributed by atoms with Gasteiger partial charge in [-0.2, -0.15) is 0 Å². The largest absolute Gasteiger partial charge is 0.387 e. The molecule has 0 amide bonds. The van der Waals surface area contributed by atoms with E-state index in [9.17, 15) is 10.2 Å². The molecule has 1 aliphatic carbocycles. The van der Waals surface area contributed by atoms with Crippen molar-refractivity contribution >= 4 is 0 Å². The smallest absolute Gasteiger partial charge is 0.122 e. The molecule has 226 valence electrons. The monoisotopic (exact) mass is 582 g/mol. The number of aliphatic hydroxyl groups excluding tert-OH is 1. The lowest BCUT2D eigenvalue weighted by Gasteiger charge is -2.53. The first kappa shape index (κ1) is 31.1. The minimum Gasteiger partial charge on any atom is -0.387 e. The third kappa shape index (κ3) is 7.98. The fourth-order valence-electron chi connectivity index (χ4n) is 5.82. The highest BCUT2D eigenvalue weighted by molar-refractivity contribution is 5.18. The van der Waals surface area contributed by atoms with Crippen molar-refractivity contribution in [3.05, 3.63) is 144 Å². The second-order valence-electron chi connectivity index (χ2n) is 11.2. The summed E-state index contributed by atoms with van der Waals surface area (Å²) in [5.41, 5.74) is 2.25. The molecule has 6 atom stereocenters. The van der Waals surface area contributed by atoms with Gasteiger partial charge in [0.2, 0.25) is 0 Å². The Morgan fingerprint density at radius 3 is 1.26 bits per heavy atom. The quantitative estimate of drug-likeness (QED) is 0.184. The van der Waals surface area contributed by atoms with E-state index in [4.69, 9.17) is 18.9 Å². The summed E-state index contributed by atoms with van der Waals surface area (Å²) in [7, 11) is 0. The maximum atomic E-state index is 12.3. The van der Waals surface area contributed by atoms with E-state index in [-0.39, 0.29) is 26.4 Å². The molecule has 0 heterocycles. The second kappa shape index (κ2) is 15.4. The van der Waals surface area contributed by atoms with Gasteiger partial charge in [0.05, 0.1) is 26.4 Å². The van der Waals surface area contributed by atoms with Crippen LogP contribution in [0.4, 0.5) is 0 Å². The Labute approximate surface area is 254 Å². The molecule has 2 N–H and O–H groups in total. The van der Waals surface area contributed by atoms with Crippen LogP contribution in [-0.4, -0.2) is 46.3 Å². The van der Waals surface area contributed by atoms with Crippen LogP contribution in [0.2, 0.25) is 0 Å². The van der Waals surface area contributed by atoms with E-state index in [1.807, 2.05) is 128 Å². The number of rotatable bonds is 14. The first-order valence-electron chi connectivity index (χ1n) is 15.1. The summed E-state index contributed by atoms with van der Waals surface area (Å²) in [6.07, 6.45) is -3.59. The number of hydrogen-bond donors (Lipinski definition) is 2. The summed E-state index contributed by atoms with van der Waals surface area (Å²) in [6, 6.07) is 39.4. The molecule has 0 saturated heterocycles. The van der Waals surface area contributed by atoms with Crippen LogP contribution in [0.3, 0.4) is 0 Å². The SMILES string of the molecule is CCC[C@@]1(O)[C@H](OCc2ccccc2)[C@@H](OCc2ccccc2)[C@H](OCc2ccccc2)[C@H](OCc2ccccc2)[C@@H]1O. The van der Waals surface area contributed by atoms with Gasteiger partial charge in [0.1, 0.15) is 36.1 Å². The molecule has 1 aliphatic rings. The summed E-state index contributed by atoms with van der Waals surface area (Å²) in [6.45, 7) is 3.04. The number of ether oxygens (including phenoxy) is 4. The molecule has 5 rings (SSSR count). The van der Waals surface area contributed by atoms with E-state index in [2.05, 4.69) is 0 Å². The maximum absolute atomic E-state index is 12.3. The van der Waals surface area contributed by atoms with Crippen LogP contribution in [-0.2, 0) is 45.4 Å². The molecular formula is C37H42O6. The van der Waals surface area contributed by atoms with Crippen molar-refractivity contribution in [1.82, 2.24) is 0 Å². The van der Waals surface area contributed by atoms with Crippen LogP contribution < -0.4 is 0 Å². The van der Waals surface area contributed by atoms with Crippen LogP contribution in [0, 0.1) is 0 Å². The topological polar surface area (TPSA) is 77.4 Å². The average molecular weight is 583 g/mol. The first-order chi connectivity index (χ1) is 21.1. The molecule has 0 aliphatic heterocycles. The molecule has 4 aromatic carbocycles. The summed E-state index contributed by atoms with van der Waals surface area (Å²) in [4.78, 5) is 0.